The Bertz CT molecular complexity index is 628. The number of nitrogens with two attached hydrogens (primary N) is 1. The second-order valence-corrected chi connectivity index (χ2v) is 4.28. The Kier molecular flexibility index (Phi) is 3.88. The highest BCUT2D eigenvalue weighted by Crippen LogP contribution is 2.29. The lowest BCUT2D eigenvalue weighted by Crippen LogP contribution is -2.09. The molecule has 8 heteroatoms. The van der Waals surface area contributed by atoms with Crippen LogP contribution in [0.15, 0.2) is 28.8 Å². The van der Waals surface area contributed by atoms with E-state index in [-0.39, 0.29) is 23.7 Å². The number of anilines is 1. The number of aromatic nitrogens is 1. The summed E-state index contributed by atoms with van der Waals surface area (Å²) in [6.07, 6.45) is -4.40. The molecule has 112 valence electrons. The number of hydrogen-bond donors (Lipinski definition) is 1. The fourth-order valence-corrected chi connectivity index (χ4v) is 1.65. The third kappa shape index (κ3) is 3.33. The topological polar surface area (TPSA) is 78.4 Å². The highest BCUT2D eigenvalue weighted by molar-refractivity contribution is 5.94. The number of carbonyl (C=O) groups is 1. The van der Waals surface area contributed by atoms with Crippen LogP contribution in [0.4, 0.5) is 19.1 Å². The van der Waals surface area contributed by atoms with Gasteiger partial charge in [-0.25, -0.2) is 4.79 Å². The smallest absolute Gasteiger partial charge is 0.416 e. The average molecular weight is 300 g/mol. The molecule has 21 heavy (non-hydrogen) atoms. The lowest BCUT2D eigenvalue weighted by atomic mass is 10.1. The zero-order chi connectivity index (χ0) is 15.6. The Morgan fingerprint density at radius 3 is 2.43 bits per heavy atom. The molecule has 5 nitrogen and oxygen atoms in total. The van der Waals surface area contributed by atoms with Crippen molar-refractivity contribution in [2.45, 2.75) is 19.7 Å². The molecule has 0 bridgehead atoms. The van der Waals surface area contributed by atoms with Crippen LogP contribution >= 0.6 is 0 Å². The van der Waals surface area contributed by atoms with E-state index in [1.807, 2.05) is 0 Å². The molecule has 0 fully saturated rings. The molecular formula is C13H11F3N2O3. The fraction of sp³-hybridized carbons (Fsp3) is 0.231. The number of alkyl halides is 3. The van der Waals surface area contributed by atoms with Crippen molar-refractivity contribution < 1.29 is 27.2 Å². The van der Waals surface area contributed by atoms with Gasteiger partial charge in [0, 0.05) is 0 Å². The number of carbonyl (C=O) groups excluding carboxylic acids is 1. The van der Waals surface area contributed by atoms with E-state index < -0.39 is 17.7 Å². The zero-order valence-corrected chi connectivity index (χ0v) is 10.9. The molecule has 0 atom stereocenters. The van der Waals surface area contributed by atoms with Gasteiger partial charge in [-0.1, -0.05) is 17.3 Å². The van der Waals surface area contributed by atoms with Gasteiger partial charge in [-0.2, -0.15) is 13.2 Å². The lowest BCUT2D eigenvalue weighted by molar-refractivity contribution is -0.137. The van der Waals surface area contributed by atoms with Crippen molar-refractivity contribution in [3.05, 3.63) is 46.6 Å². The molecule has 2 N–H and O–H groups in total. The number of rotatable bonds is 3. The van der Waals surface area contributed by atoms with E-state index in [2.05, 4.69) is 9.68 Å². The SMILES string of the molecule is Cc1noc(N)c1C(=O)OCc1ccc(C(F)(F)F)cc1. The summed E-state index contributed by atoms with van der Waals surface area (Å²) in [5.41, 5.74) is 5.38. The summed E-state index contributed by atoms with van der Waals surface area (Å²) < 4.78 is 46.8. The molecule has 0 unspecified atom stereocenters. The number of nitrogen functional groups attached to an aromatic ring is 1. The molecule has 0 amide bonds. The molecule has 2 aromatic rings. The molecule has 1 heterocycles. The zero-order valence-electron chi connectivity index (χ0n) is 10.9. The Morgan fingerprint density at radius 2 is 1.95 bits per heavy atom. The van der Waals surface area contributed by atoms with Gasteiger partial charge < -0.3 is 15.0 Å². The first-order valence-corrected chi connectivity index (χ1v) is 5.84. The third-order valence-corrected chi connectivity index (χ3v) is 2.74. The maximum atomic E-state index is 12.4. The minimum absolute atomic E-state index is 0.0157. The van der Waals surface area contributed by atoms with Crippen molar-refractivity contribution in [3.63, 3.8) is 0 Å². The first kappa shape index (κ1) is 14.9. The van der Waals surface area contributed by atoms with E-state index >= 15 is 0 Å². The highest BCUT2D eigenvalue weighted by atomic mass is 19.4. The predicted molar refractivity (Wildman–Crippen MR) is 66.2 cm³/mol. The normalized spacial score (nSPS) is 11.4. The first-order chi connectivity index (χ1) is 9.79. The molecule has 1 aromatic carbocycles. The molecule has 2 rings (SSSR count). The van der Waals surface area contributed by atoms with Gasteiger partial charge in [0.2, 0.25) is 5.88 Å². The van der Waals surface area contributed by atoms with Crippen molar-refractivity contribution in [1.29, 1.82) is 0 Å². The monoisotopic (exact) mass is 300 g/mol. The van der Waals surface area contributed by atoms with Crippen LogP contribution in [0.3, 0.4) is 0 Å². The molecule has 1 aromatic heterocycles. The lowest BCUT2D eigenvalue weighted by Gasteiger charge is -2.08. The molecule has 0 saturated heterocycles. The van der Waals surface area contributed by atoms with Gasteiger partial charge in [-0.15, -0.1) is 0 Å². The van der Waals surface area contributed by atoms with Crippen LogP contribution in [0, 0.1) is 6.92 Å². The maximum Gasteiger partial charge on any atom is 0.416 e. The van der Waals surface area contributed by atoms with Crippen molar-refractivity contribution in [2.75, 3.05) is 5.73 Å². The minimum atomic E-state index is -4.40. The first-order valence-electron chi connectivity index (χ1n) is 5.84. The summed E-state index contributed by atoms with van der Waals surface area (Å²) in [6.45, 7) is 1.34. The number of ether oxygens (including phenoxy) is 1. The van der Waals surface area contributed by atoms with Gasteiger partial charge in [0.15, 0.2) is 0 Å². The van der Waals surface area contributed by atoms with Crippen LogP contribution in [0.5, 0.6) is 0 Å². The van der Waals surface area contributed by atoms with Gasteiger partial charge in [0.25, 0.3) is 0 Å². The van der Waals surface area contributed by atoms with E-state index in [4.69, 9.17) is 10.5 Å². The molecule has 0 aliphatic carbocycles. The number of esters is 1. The minimum Gasteiger partial charge on any atom is -0.457 e. The number of aryl methyl sites for hydroxylation is 1. The molecule has 0 radical (unpaired) electrons. The molecular weight excluding hydrogens is 289 g/mol. The van der Waals surface area contributed by atoms with Gasteiger partial charge in [-0.05, 0) is 24.6 Å². The number of benzene rings is 1. The Labute approximate surface area is 117 Å². The number of nitrogens with zero attached hydrogens (tertiary/aromatic N) is 1. The Balaban J connectivity index is 2.02. The average Bonchev–Trinajstić information content (AvgIpc) is 2.75. The second-order valence-electron chi connectivity index (χ2n) is 4.28. The summed E-state index contributed by atoms with van der Waals surface area (Å²) in [5, 5.41) is 3.51. The van der Waals surface area contributed by atoms with Crippen LogP contribution < -0.4 is 5.73 Å². The van der Waals surface area contributed by atoms with Gasteiger partial charge in [0.05, 0.1) is 11.3 Å². The Morgan fingerprint density at radius 1 is 1.33 bits per heavy atom. The van der Waals surface area contributed by atoms with Crippen LogP contribution in [0.1, 0.15) is 27.2 Å². The molecule has 0 saturated carbocycles. The van der Waals surface area contributed by atoms with Gasteiger partial charge >= 0.3 is 12.1 Å². The molecule has 0 aliphatic rings. The number of hydrogen-bond acceptors (Lipinski definition) is 5. The molecule has 0 spiro atoms. The highest BCUT2D eigenvalue weighted by Gasteiger charge is 2.30. The van der Waals surface area contributed by atoms with Crippen LogP contribution in [0.25, 0.3) is 0 Å². The molecule has 0 aliphatic heterocycles. The predicted octanol–water partition coefficient (Wildman–Crippen LogP) is 2.94. The van der Waals surface area contributed by atoms with Crippen molar-refractivity contribution in [3.8, 4) is 0 Å². The Hall–Kier alpha value is -2.51. The van der Waals surface area contributed by atoms with Crippen molar-refractivity contribution >= 4 is 11.9 Å². The van der Waals surface area contributed by atoms with Crippen LogP contribution in [-0.4, -0.2) is 11.1 Å². The van der Waals surface area contributed by atoms with E-state index in [0.29, 0.717) is 5.56 Å². The van der Waals surface area contributed by atoms with Gasteiger partial charge in [0.1, 0.15) is 12.2 Å². The van der Waals surface area contributed by atoms with Crippen molar-refractivity contribution in [1.82, 2.24) is 5.16 Å². The van der Waals surface area contributed by atoms with E-state index in [1.54, 1.807) is 0 Å². The maximum absolute atomic E-state index is 12.4. The summed E-state index contributed by atoms with van der Waals surface area (Å²) in [6, 6.07) is 4.31. The van der Waals surface area contributed by atoms with Gasteiger partial charge in [-0.3, -0.25) is 0 Å². The summed E-state index contributed by atoms with van der Waals surface area (Å²) in [5.74, 6) is -0.906. The van der Waals surface area contributed by atoms with Crippen LogP contribution in [-0.2, 0) is 17.5 Å². The second kappa shape index (κ2) is 5.47. The summed E-state index contributed by atoms with van der Waals surface area (Å²) >= 11 is 0. The summed E-state index contributed by atoms with van der Waals surface area (Å²) in [7, 11) is 0. The quantitative estimate of drug-likeness (QED) is 0.882. The summed E-state index contributed by atoms with van der Waals surface area (Å²) in [4.78, 5) is 11.8. The standard InChI is InChI=1S/C13H11F3N2O3/c1-7-10(11(17)21-18-7)12(19)20-6-8-2-4-9(5-3-8)13(14,15)16/h2-5H,6,17H2,1H3. The van der Waals surface area contributed by atoms with Crippen molar-refractivity contribution in [2.24, 2.45) is 0 Å². The number of halogens is 3. The largest absolute Gasteiger partial charge is 0.457 e. The van der Waals surface area contributed by atoms with E-state index in [0.717, 1.165) is 12.1 Å². The van der Waals surface area contributed by atoms with Crippen LogP contribution in [0.2, 0.25) is 0 Å². The fourth-order valence-electron chi connectivity index (χ4n) is 1.65. The van der Waals surface area contributed by atoms with E-state index in [9.17, 15) is 18.0 Å². The van der Waals surface area contributed by atoms with E-state index in [1.165, 1.54) is 19.1 Å². The third-order valence-electron chi connectivity index (χ3n) is 2.74.